The zero-order valence-corrected chi connectivity index (χ0v) is 12.1. The lowest BCUT2D eigenvalue weighted by Crippen LogP contribution is -2.27. The summed E-state index contributed by atoms with van der Waals surface area (Å²) in [4.78, 5) is 17.3. The number of hydrogen-bond acceptors (Lipinski definition) is 3. The zero-order valence-electron chi connectivity index (χ0n) is 11.3. The average Bonchev–Trinajstić information content (AvgIpc) is 3.22. The third kappa shape index (κ3) is 2.58. The molecule has 0 spiro atoms. The van der Waals surface area contributed by atoms with Gasteiger partial charge in [-0.25, -0.2) is 4.98 Å². The molecule has 1 fully saturated rings. The van der Waals surface area contributed by atoms with Crippen molar-refractivity contribution in [2.24, 2.45) is 11.7 Å². The summed E-state index contributed by atoms with van der Waals surface area (Å²) in [6.45, 7) is 1.18. The number of hydrogen-bond donors (Lipinski definition) is 1. The van der Waals surface area contributed by atoms with Crippen molar-refractivity contribution in [1.82, 2.24) is 9.55 Å². The molecule has 1 aromatic heterocycles. The summed E-state index contributed by atoms with van der Waals surface area (Å²) >= 11 is 6.16. The second-order valence-corrected chi connectivity index (χ2v) is 5.82. The second-order valence-electron chi connectivity index (χ2n) is 5.41. The van der Waals surface area contributed by atoms with Gasteiger partial charge in [0.05, 0.1) is 15.9 Å². The Kier molecular flexibility index (Phi) is 3.76. The minimum Gasteiger partial charge on any atom is -0.330 e. The van der Waals surface area contributed by atoms with E-state index in [1.54, 1.807) is 10.6 Å². The highest BCUT2D eigenvalue weighted by molar-refractivity contribution is 6.35. The van der Waals surface area contributed by atoms with Gasteiger partial charge in [0.2, 0.25) is 0 Å². The van der Waals surface area contributed by atoms with Crippen LogP contribution in [0, 0.1) is 5.92 Å². The fraction of sp³-hybridized carbons (Fsp3) is 0.467. The lowest BCUT2D eigenvalue weighted by atomic mass is 10.2. The van der Waals surface area contributed by atoms with Crippen molar-refractivity contribution in [2.45, 2.75) is 32.2 Å². The Morgan fingerprint density at radius 1 is 1.40 bits per heavy atom. The molecule has 2 aromatic rings. The predicted molar refractivity (Wildman–Crippen MR) is 81.1 cm³/mol. The Hall–Kier alpha value is -1.39. The Bertz CT molecular complexity index is 691. The normalized spacial score (nSPS) is 14.9. The highest BCUT2D eigenvalue weighted by Gasteiger charge is 2.24. The molecule has 3 rings (SSSR count). The number of benzene rings is 1. The van der Waals surface area contributed by atoms with Crippen LogP contribution in [0.2, 0.25) is 5.02 Å². The molecule has 2 N–H and O–H groups in total. The lowest BCUT2D eigenvalue weighted by Gasteiger charge is -2.13. The van der Waals surface area contributed by atoms with Gasteiger partial charge in [-0.3, -0.25) is 9.36 Å². The molecule has 1 aliphatic carbocycles. The molecule has 20 heavy (non-hydrogen) atoms. The van der Waals surface area contributed by atoms with Crippen LogP contribution >= 0.6 is 11.6 Å². The van der Waals surface area contributed by atoms with Crippen molar-refractivity contribution in [3.63, 3.8) is 0 Å². The van der Waals surface area contributed by atoms with E-state index in [-0.39, 0.29) is 5.56 Å². The standard InChI is InChI=1S/C15H18ClN3O/c16-11-3-1-4-12-14(11)15(20)19(8-2-7-17)13(18-12)9-10-5-6-10/h1,3-4,10H,2,5-9,17H2. The Balaban J connectivity index is 2.16. The van der Waals surface area contributed by atoms with Gasteiger partial charge in [0.1, 0.15) is 5.82 Å². The van der Waals surface area contributed by atoms with Crippen LogP contribution in [0.15, 0.2) is 23.0 Å². The van der Waals surface area contributed by atoms with Crippen LogP contribution < -0.4 is 11.3 Å². The van der Waals surface area contributed by atoms with Gasteiger partial charge in [-0.2, -0.15) is 0 Å². The van der Waals surface area contributed by atoms with Crippen LogP contribution in [0.5, 0.6) is 0 Å². The maximum atomic E-state index is 12.7. The molecular formula is C15H18ClN3O. The van der Waals surface area contributed by atoms with E-state index in [2.05, 4.69) is 4.98 Å². The van der Waals surface area contributed by atoms with Crippen molar-refractivity contribution in [1.29, 1.82) is 0 Å². The van der Waals surface area contributed by atoms with Gasteiger partial charge in [-0.15, -0.1) is 0 Å². The molecule has 4 nitrogen and oxygen atoms in total. The van der Waals surface area contributed by atoms with Crippen molar-refractivity contribution in [3.05, 3.63) is 39.4 Å². The summed E-state index contributed by atoms with van der Waals surface area (Å²) in [6.07, 6.45) is 4.12. The molecular weight excluding hydrogens is 274 g/mol. The molecule has 1 saturated carbocycles. The van der Waals surface area contributed by atoms with Crippen LogP contribution in [-0.4, -0.2) is 16.1 Å². The van der Waals surface area contributed by atoms with E-state index < -0.39 is 0 Å². The van der Waals surface area contributed by atoms with Crippen molar-refractivity contribution >= 4 is 22.5 Å². The van der Waals surface area contributed by atoms with E-state index in [4.69, 9.17) is 17.3 Å². The molecule has 1 aromatic carbocycles. The SMILES string of the molecule is NCCCn1c(CC2CC2)nc2cccc(Cl)c2c1=O. The molecule has 0 saturated heterocycles. The molecule has 106 valence electrons. The summed E-state index contributed by atoms with van der Waals surface area (Å²) in [7, 11) is 0. The van der Waals surface area contributed by atoms with E-state index in [1.165, 1.54) is 12.8 Å². The first-order valence-corrected chi connectivity index (χ1v) is 7.46. The summed E-state index contributed by atoms with van der Waals surface area (Å²) in [5.41, 5.74) is 6.23. The van der Waals surface area contributed by atoms with E-state index in [9.17, 15) is 4.79 Å². The number of fused-ring (bicyclic) bond motifs is 1. The van der Waals surface area contributed by atoms with Gasteiger partial charge in [-0.1, -0.05) is 17.7 Å². The summed E-state index contributed by atoms with van der Waals surface area (Å²) in [5, 5.41) is 0.991. The first kappa shape index (κ1) is 13.6. The Morgan fingerprint density at radius 3 is 2.90 bits per heavy atom. The molecule has 0 unspecified atom stereocenters. The van der Waals surface area contributed by atoms with Crippen molar-refractivity contribution < 1.29 is 0 Å². The molecule has 1 heterocycles. The van der Waals surface area contributed by atoms with E-state index in [0.717, 1.165) is 18.7 Å². The highest BCUT2D eigenvalue weighted by Crippen LogP contribution is 2.32. The fourth-order valence-electron chi connectivity index (χ4n) is 2.49. The Morgan fingerprint density at radius 2 is 2.20 bits per heavy atom. The number of nitrogens with two attached hydrogens (primary N) is 1. The van der Waals surface area contributed by atoms with E-state index in [0.29, 0.717) is 34.9 Å². The first-order chi connectivity index (χ1) is 9.70. The minimum atomic E-state index is -0.0373. The van der Waals surface area contributed by atoms with Gasteiger partial charge in [0.25, 0.3) is 5.56 Å². The molecule has 5 heteroatoms. The quantitative estimate of drug-likeness (QED) is 0.920. The third-order valence-electron chi connectivity index (χ3n) is 3.77. The van der Waals surface area contributed by atoms with Crippen LogP contribution in [-0.2, 0) is 13.0 Å². The molecule has 0 bridgehead atoms. The molecule has 0 aliphatic heterocycles. The average molecular weight is 292 g/mol. The fourth-order valence-corrected chi connectivity index (χ4v) is 2.74. The van der Waals surface area contributed by atoms with E-state index >= 15 is 0 Å². The van der Waals surface area contributed by atoms with Crippen molar-refractivity contribution in [3.8, 4) is 0 Å². The monoisotopic (exact) mass is 291 g/mol. The zero-order chi connectivity index (χ0) is 14.1. The largest absolute Gasteiger partial charge is 0.330 e. The Labute approximate surface area is 122 Å². The molecule has 0 atom stereocenters. The number of rotatable bonds is 5. The number of aromatic nitrogens is 2. The molecule has 0 radical (unpaired) electrons. The highest BCUT2D eigenvalue weighted by atomic mass is 35.5. The van der Waals surface area contributed by atoms with Gasteiger partial charge < -0.3 is 5.73 Å². The third-order valence-corrected chi connectivity index (χ3v) is 4.08. The summed E-state index contributed by atoms with van der Waals surface area (Å²) < 4.78 is 1.76. The maximum absolute atomic E-state index is 12.7. The molecule has 0 amide bonds. The topological polar surface area (TPSA) is 60.9 Å². The van der Waals surface area contributed by atoms with Crippen LogP contribution in [0.1, 0.15) is 25.1 Å². The van der Waals surface area contributed by atoms with Gasteiger partial charge in [0, 0.05) is 13.0 Å². The maximum Gasteiger partial charge on any atom is 0.262 e. The van der Waals surface area contributed by atoms with Gasteiger partial charge in [-0.05, 0) is 43.9 Å². The second kappa shape index (κ2) is 5.54. The van der Waals surface area contributed by atoms with Gasteiger partial charge >= 0.3 is 0 Å². The summed E-state index contributed by atoms with van der Waals surface area (Å²) in [5.74, 6) is 1.56. The minimum absolute atomic E-state index is 0.0373. The number of halogens is 1. The van der Waals surface area contributed by atoms with Crippen LogP contribution in [0.25, 0.3) is 10.9 Å². The van der Waals surface area contributed by atoms with Crippen LogP contribution in [0.4, 0.5) is 0 Å². The smallest absolute Gasteiger partial charge is 0.262 e. The van der Waals surface area contributed by atoms with Crippen LogP contribution in [0.3, 0.4) is 0 Å². The molecule has 1 aliphatic rings. The van der Waals surface area contributed by atoms with Crippen molar-refractivity contribution in [2.75, 3.05) is 6.54 Å². The van der Waals surface area contributed by atoms with E-state index in [1.807, 2.05) is 12.1 Å². The number of nitrogens with zero attached hydrogens (tertiary/aromatic N) is 2. The predicted octanol–water partition coefficient (Wildman–Crippen LogP) is 2.35. The van der Waals surface area contributed by atoms with Gasteiger partial charge in [0.15, 0.2) is 0 Å². The lowest BCUT2D eigenvalue weighted by molar-refractivity contribution is 0.575. The summed E-state index contributed by atoms with van der Waals surface area (Å²) in [6, 6.07) is 5.43. The first-order valence-electron chi connectivity index (χ1n) is 7.08.